The molecule has 1 aliphatic rings. The number of rotatable bonds is 1. The average Bonchev–Trinajstić information content (AvgIpc) is 2.08. The van der Waals surface area contributed by atoms with Gasteiger partial charge in [-0.05, 0) is 0 Å². The highest BCUT2D eigenvalue weighted by atomic mass is 79.9. The lowest BCUT2D eigenvalue weighted by molar-refractivity contribution is -0.203. The van der Waals surface area contributed by atoms with Gasteiger partial charge in [-0.3, -0.25) is 0 Å². The molecule has 0 spiro atoms. The van der Waals surface area contributed by atoms with Crippen LogP contribution in [0.15, 0.2) is 0 Å². The van der Waals surface area contributed by atoms with Crippen LogP contribution in [0.5, 0.6) is 0 Å². The van der Waals surface area contributed by atoms with Gasteiger partial charge < -0.3 is 25.2 Å². The summed E-state index contributed by atoms with van der Waals surface area (Å²) in [5, 5.41) is 35.5. The summed E-state index contributed by atoms with van der Waals surface area (Å²) in [6.45, 7) is -0.396. The second-order valence-electron chi connectivity index (χ2n) is 2.68. The standard InChI is InChI=1S/C6H11BrO5/c7-6-5(11)4(10)3(9)2(1-8)12-6/h2-6,8-11H,1H2/t2?,3-,4?,5?,6-/m0/s1. The van der Waals surface area contributed by atoms with E-state index in [1.54, 1.807) is 0 Å². The number of alkyl halides is 1. The second kappa shape index (κ2) is 3.99. The number of aliphatic hydroxyl groups is 4. The summed E-state index contributed by atoms with van der Waals surface area (Å²) in [5.74, 6) is 0. The molecule has 12 heavy (non-hydrogen) atoms. The predicted octanol–water partition coefficient (Wildman–Crippen LogP) is -1.82. The summed E-state index contributed by atoms with van der Waals surface area (Å²) >= 11 is 2.95. The Balaban J connectivity index is 2.63. The Morgan fingerprint density at radius 3 is 2.17 bits per heavy atom. The van der Waals surface area contributed by atoms with Gasteiger partial charge in [0.2, 0.25) is 0 Å². The molecular weight excluding hydrogens is 232 g/mol. The van der Waals surface area contributed by atoms with Crippen LogP contribution in [0.25, 0.3) is 0 Å². The molecule has 5 atom stereocenters. The number of aliphatic hydroxyl groups excluding tert-OH is 4. The van der Waals surface area contributed by atoms with Crippen molar-refractivity contribution in [3.05, 3.63) is 0 Å². The summed E-state index contributed by atoms with van der Waals surface area (Å²) < 4.78 is 4.94. The zero-order valence-electron chi connectivity index (χ0n) is 6.17. The first-order valence-corrected chi connectivity index (χ1v) is 4.44. The molecule has 1 aliphatic heterocycles. The maximum atomic E-state index is 9.21. The molecule has 0 aromatic carbocycles. The molecule has 0 radical (unpaired) electrons. The van der Waals surface area contributed by atoms with Crippen molar-refractivity contribution in [2.24, 2.45) is 0 Å². The monoisotopic (exact) mass is 242 g/mol. The first kappa shape index (κ1) is 10.4. The fraction of sp³-hybridized carbons (Fsp3) is 1.00. The molecule has 6 heteroatoms. The van der Waals surface area contributed by atoms with Crippen molar-refractivity contribution in [2.45, 2.75) is 29.4 Å². The molecule has 0 saturated carbocycles. The van der Waals surface area contributed by atoms with Crippen molar-refractivity contribution < 1.29 is 25.2 Å². The Kier molecular flexibility index (Phi) is 3.45. The van der Waals surface area contributed by atoms with Crippen LogP contribution < -0.4 is 0 Å². The van der Waals surface area contributed by atoms with Crippen LogP contribution in [-0.2, 0) is 4.74 Å². The van der Waals surface area contributed by atoms with Crippen LogP contribution in [0.2, 0.25) is 0 Å². The molecule has 5 nitrogen and oxygen atoms in total. The lowest BCUT2D eigenvalue weighted by atomic mass is 10.0. The minimum Gasteiger partial charge on any atom is -0.394 e. The first-order chi connectivity index (χ1) is 5.57. The molecule has 0 bridgehead atoms. The van der Waals surface area contributed by atoms with Crippen LogP contribution in [0.3, 0.4) is 0 Å². The van der Waals surface area contributed by atoms with E-state index in [1.165, 1.54) is 0 Å². The minimum absolute atomic E-state index is 0.396. The third kappa shape index (κ3) is 1.78. The van der Waals surface area contributed by atoms with Crippen molar-refractivity contribution in [1.82, 2.24) is 0 Å². The maximum Gasteiger partial charge on any atom is 0.141 e. The van der Waals surface area contributed by atoms with Gasteiger partial charge in [0.1, 0.15) is 29.4 Å². The third-order valence-electron chi connectivity index (χ3n) is 1.83. The van der Waals surface area contributed by atoms with Crippen molar-refractivity contribution in [1.29, 1.82) is 0 Å². The van der Waals surface area contributed by atoms with E-state index >= 15 is 0 Å². The van der Waals surface area contributed by atoms with Crippen LogP contribution in [0, 0.1) is 0 Å². The molecule has 1 saturated heterocycles. The zero-order valence-corrected chi connectivity index (χ0v) is 7.75. The fourth-order valence-corrected chi connectivity index (χ4v) is 1.65. The molecule has 0 amide bonds. The number of halogens is 1. The highest BCUT2D eigenvalue weighted by molar-refractivity contribution is 9.09. The van der Waals surface area contributed by atoms with E-state index in [4.69, 9.17) is 14.9 Å². The molecule has 4 N–H and O–H groups in total. The lowest BCUT2D eigenvalue weighted by Gasteiger charge is -2.37. The normalized spacial score (nSPS) is 49.2. The molecule has 1 fully saturated rings. The first-order valence-electron chi connectivity index (χ1n) is 3.52. The Morgan fingerprint density at radius 2 is 1.67 bits per heavy atom. The van der Waals surface area contributed by atoms with E-state index in [2.05, 4.69) is 15.9 Å². The summed E-state index contributed by atoms with van der Waals surface area (Å²) in [6, 6.07) is 0. The molecule has 1 heterocycles. The Bertz CT molecular complexity index is 150. The number of ether oxygens (including phenoxy) is 1. The zero-order chi connectivity index (χ0) is 9.30. The van der Waals surface area contributed by atoms with Gasteiger partial charge in [0.25, 0.3) is 0 Å². The Morgan fingerprint density at radius 1 is 1.08 bits per heavy atom. The molecule has 72 valence electrons. The van der Waals surface area contributed by atoms with Crippen LogP contribution in [0.4, 0.5) is 0 Å². The van der Waals surface area contributed by atoms with Gasteiger partial charge in [0.05, 0.1) is 6.61 Å². The maximum absolute atomic E-state index is 9.21. The van der Waals surface area contributed by atoms with Crippen molar-refractivity contribution >= 4 is 15.9 Å². The molecular formula is C6H11BrO5. The van der Waals surface area contributed by atoms with Gasteiger partial charge in [-0.1, -0.05) is 15.9 Å². The summed E-state index contributed by atoms with van der Waals surface area (Å²) in [4.78, 5) is 0. The third-order valence-corrected chi connectivity index (χ3v) is 2.59. The predicted molar refractivity (Wildman–Crippen MR) is 42.7 cm³/mol. The van der Waals surface area contributed by atoms with Gasteiger partial charge >= 0.3 is 0 Å². The Hall–Kier alpha value is 0.280. The quantitative estimate of drug-likeness (QED) is 0.407. The van der Waals surface area contributed by atoms with Gasteiger partial charge in [0.15, 0.2) is 0 Å². The minimum atomic E-state index is -1.29. The van der Waals surface area contributed by atoms with Crippen molar-refractivity contribution in [3.8, 4) is 0 Å². The summed E-state index contributed by atoms with van der Waals surface area (Å²) in [6.07, 6.45) is -4.57. The van der Waals surface area contributed by atoms with E-state index in [0.717, 1.165) is 0 Å². The summed E-state index contributed by atoms with van der Waals surface area (Å²) in [5.41, 5.74) is 0. The van der Waals surface area contributed by atoms with Crippen LogP contribution >= 0.6 is 15.9 Å². The van der Waals surface area contributed by atoms with Crippen LogP contribution in [-0.4, -0.2) is 56.5 Å². The van der Waals surface area contributed by atoms with E-state index in [0.29, 0.717) is 0 Å². The topological polar surface area (TPSA) is 90.2 Å². The molecule has 3 unspecified atom stereocenters. The Labute approximate surface area is 77.7 Å². The van der Waals surface area contributed by atoms with Gasteiger partial charge in [-0.25, -0.2) is 0 Å². The van der Waals surface area contributed by atoms with Crippen LogP contribution in [0.1, 0.15) is 0 Å². The number of hydrogen-bond donors (Lipinski definition) is 4. The second-order valence-corrected chi connectivity index (χ2v) is 3.58. The van der Waals surface area contributed by atoms with E-state index in [1.807, 2.05) is 0 Å². The number of hydrogen-bond acceptors (Lipinski definition) is 5. The molecule has 0 aromatic heterocycles. The fourth-order valence-electron chi connectivity index (χ4n) is 1.06. The van der Waals surface area contributed by atoms with E-state index in [-0.39, 0.29) is 0 Å². The van der Waals surface area contributed by atoms with Gasteiger partial charge in [0, 0.05) is 0 Å². The van der Waals surface area contributed by atoms with E-state index < -0.39 is 36.0 Å². The molecule has 0 aliphatic carbocycles. The van der Waals surface area contributed by atoms with E-state index in [9.17, 15) is 10.2 Å². The lowest BCUT2D eigenvalue weighted by Crippen LogP contribution is -2.56. The average molecular weight is 243 g/mol. The smallest absolute Gasteiger partial charge is 0.141 e. The highest BCUT2D eigenvalue weighted by Crippen LogP contribution is 2.24. The van der Waals surface area contributed by atoms with Gasteiger partial charge in [-0.2, -0.15) is 0 Å². The van der Waals surface area contributed by atoms with Gasteiger partial charge in [-0.15, -0.1) is 0 Å². The highest BCUT2D eigenvalue weighted by Gasteiger charge is 2.42. The SMILES string of the molecule is OCC1O[C@H](Br)C(O)C(O)[C@H]1O. The molecule has 1 rings (SSSR count). The summed E-state index contributed by atoms with van der Waals surface area (Å²) in [7, 11) is 0. The van der Waals surface area contributed by atoms with Crippen molar-refractivity contribution in [3.63, 3.8) is 0 Å². The largest absolute Gasteiger partial charge is 0.394 e. The van der Waals surface area contributed by atoms with Crippen molar-refractivity contribution in [2.75, 3.05) is 6.61 Å². The molecule has 0 aromatic rings.